The molecule has 12 heavy (non-hydrogen) atoms. The predicted molar refractivity (Wildman–Crippen MR) is 53.5 cm³/mol. The van der Waals surface area contributed by atoms with Gasteiger partial charge in [-0.2, -0.15) is 0 Å². The van der Waals surface area contributed by atoms with Crippen LogP contribution in [-0.2, 0) is 0 Å². The zero-order valence-electron chi connectivity index (χ0n) is 7.65. The van der Waals surface area contributed by atoms with Crippen molar-refractivity contribution in [1.82, 2.24) is 10.2 Å². The first-order valence-electron chi connectivity index (χ1n) is 4.47. The Kier molecular flexibility index (Phi) is 4.06. The Labute approximate surface area is 79.6 Å². The summed E-state index contributed by atoms with van der Waals surface area (Å²) in [7, 11) is 0. The molecule has 3 heteroatoms. The van der Waals surface area contributed by atoms with Gasteiger partial charge in [0.05, 0.1) is 0 Å². The van der Waals surface area contributed by atoms with Crippen LogP contribution in [0.3, 0.4) is 0 Å². The van der Waals surface area contributed by atoms with Crippen molar-refractivity contribution in [3.63, 3.8) is 0 Å². The zero-order chi connectivity index (χ0) is 8.97. The Morgan fingerprint density at radius 1 is 1.75 bits per heavy atom. The lowest BCUT2D eigenvalue weighted by Gasteiger charge is -2.21. The lowest BCUT2D eigenvalue weighted by atomic mass is 10.3. The molecule has 1 heterocycles. The summed E-state index contributed by atoms with van der Waals surface area (Å²) in [5.41, 5.74) is 0. The second kappa shape index (κ2) is 4.85. The van der Waals surface area contributed by atoms with Gasteiger partial charge >= 0.3 is 0 Å². The molecule has 0 amide bonds. The molecule has 0 saturated carbocycles. The van der Waals surface area contributed by atoms with E-state index < -0.39 is 0 Å². The van der Waals surface area contributed by atoms with Crippen LogP contribution in [0.15, 0.2) is 11.6 Å². The minimum atomic E-state index is 0.573. The van der Waals surface area contributed by atoms with E-state index in [2.05, 4.69) is 23.7 Å². The van der Waals surface area contributed by atoms with Crippen molar-refractivity contribution in [2.24, 2.45) is 0 Å². The Hall–Kier alpha value is -0.0500. The van der Waals surface area contributed by atoms with Crippen LogP contribution in [0.25, 0.3) is 0 Å². The standard InChI is InChI=1S/C9H17ClN2/c1-8(10)6-12-5-3-4-11-9(2)7-12/h9,11H,1,3-7H2,2H3. The molecule has 0 aliphatic carbocycles. The van der Waals surface area contributed by atoms with E-state index >= 15 is 0 Å². The quantitative estimate of drug-likeness (QED) is 0.706. The summed E-state index contributed by atoms with van der Waals surface area (Å²) in [6, 6.07) is 0.573. The third-order valence-electron chi connectivity index (χ3n) is 2.07. The van der Waals surface area contributed by atoms with Crippen molar-refractivity contribution in [2.75, 3.05) is 26.2 Å². The summed E-state index contributed by atoms with van der Waals surface area (Å²) < 4.78 is 0. The van der Waals surface area contributed by atoms with Gasteiger partial charge in [-0.1, -0.05) is 18.2 Å². The van der Waals surface area contributed by atoms with E-state index in [1.807, 2.05) is 0 Å². The van der Waals surface area contributed by atoms with Crippen molar-refractivity contribution >= 4 is 11.6 Å². The van der Waals surface area contributed by atoms with Gasteiger partial charge in [0.1, 0.15) is 0 Å². The van der Waals surface area contributed by atoms with Crippen LogP contribution in [-0.4, -0.2) is 37.1 Å². The maximum atomic E-state index is 5.76. The largest absolute Gasteiger partial charge is 0.313 e. The van der Waals surface area contributed by atoms with Crippen LogP contribution in [0.4, 0.5) is 0 Å². The van der Waals surface area contributed by atoms with Gasteiger partial charge in [-0.15, -0.1) is 0 Å². The van der Waals surface area contributed by atoms with E-state index in [0.29, 0.717) is 6.04 Å². The van der Waals surface area contributed by atoms with Gasteiger partial charge in [-0.05, 0) is 26.4 Å². The van der Waals surface area contributed by atoms with E-state index in [4.69, 9.17) is 11.6 Å². The average molecular weight is 189 g/mol. The molecule has 1 rings (SSSR count). The molecule has 0 aromatic rings. The second-order valence-electron chi connectivity index (χ2n) is 3.46. The average Bonchev–Trinajstić information content (AvgIpc) is 2.12. The topological polar surface area (TPSA) is 15.3 Å². The summed E-state index contributed by atoms with van der Waals surface area (Å²) in [5.74, 6) is 0. The number of nitrogens with one attached hydrogen (secondary N) is 1. The normalized spacial score (nSPS) is 26.7. The van der Waals surface area contributed by atoms with E-state index in [1.165, 1.54) is 6.42 Å². The molecule has 0 bridgehead atoms. The fourth-order valence-electron chi connectivity index (χ4n) is 1.58. The molecule has 1 saturated heterocycles. The van der Waals surface area contributed by atoms with Gasteiger partial charge in [-0.25, -0.2) is 0 Å². The predicted octanol–water partition coefficient (Wildman–Crippen LogP) is 1.42. The summed E-state index contributed by atoms with van der Waals surface area (Å²) in [4.78, 5) is 2.35. The molecule has 1 unspecified atom stereocenters. The molecule has 2 nitrogen and oxygen atoms in total. The smallest absolute Gasteiger partial charge is 0.0336 e. The molecular weight excluding hydrogens is 172 g/mol. The Morgan fingerprint density at radius 3 is 3.17 bits per heavy atom. The maximum absolute atomic E-state index is 5.76. The van der Waals surface area contributed by atoms with Crippen LogP contribution in [0.1, 0.15) is 13.3 Å². The summed E-state index contributed by atoms with van der Waals surface area (Å²) in [6.07, 6.45) is 1.20. The minimum absolute atomic E-state index is 0.573. The van der Waals surface area contributed by atoms with Crippen LogP contribution in [0, 0.1) is 0 Å². The van der Waals surface area contributed by atoms with Gasteiger partial charge in [0.2, 0.25) is 0 Å². The molecule has 1 N–H and O–H groups in total. The lowest BCUT2D eigenvalue weighted by molar-refractivity contribution is 0.299. The van der Waals surface area contributed by atoms with E-state index in [1.54, 1.807) is 0 Å². The first kappa shape index (κ1) is 10.0. The molecule has 1 fully saturated rings. The molecule has 70 valence electrons. The van der Waals surface area contributed by atoms with Crippen LogP contribution in [0.5, 0.6) is 0 Å². The summed E-state index contributed by atoms with van der Waals surface area (Å²) in [5, 5.41) is 4.17. The molecule has 1 aliphatic rings. The number of hydrogen-bond acceptors (Lipinski definition) is 2. The highest BCUT2D eigenvalue weighted by atomic mass is 35.5. The molecule has 0 aromatic heterocycles. The van der Waals surface area contributed by atoms with Gasteiger partial charge in [-0.3, -0.25) is 4.90 Å². The number of halogens is 1. The van der Waals surface area contributed by atoms with E-state index in [9.17, 15) is 0 Å². The maximum Gasteiger partial charge on any atom is 0.0336 e. The number of rotatable bonds is 2. The second-order valence-corrected chi connectivity index (χ2v) is 4.00. The molecule has 1 atom stereocenters. The third-order valence-corrected chi connectivity index (χ3v) is 2.19. The Morgan fingerprint density at radius 2 is 2.50 bits per heavy atom. The van der Waals surface area contributed by atoms with Gasteiger partial charge in [0.25, 0.3) is 0 Å². The van der Waals surface area contributed by atoms with E-state index in [-0.39, 0.29) is 0 Å². The van der Waals surface area contributed by atoms with Gasteiger partial charge < -0.3 is 5.32 Å². The van der Waals surface area contributed by atoms with Crippen molar-refractivity contribution in [3.05, 3.63) is 11.6 Å². The Balaban J connectivity index is 2.35. The van der Waals surface area contributed by atoms with Crippen molar-refractivity contribution in [3.8, 4) is 0 Å². The fraction of sp³-hybridized carbons (Fsp3) is 0.778. The van der Waals surface area contributed by atoms with E-state index in [0.717, 1.165) is 31.2 Å². The van der Waals surface area contributed by atoms with Crippen molar-refractivity contribution < 1.29 is 0 Å². The monoisotopic (exact) mass is 188 g/mol. The molecule has 0 radical (unpaired) electrons. The third kappa shape index (κ3) is 3.57. The molecule has 0 aromatic carbocycles. The highest BCUT2D eigenvalue weighted by Crippen LogP contribution is 2.05. The van der Waals surface area contributed by atoms with Gasteiger partial charge in [0, 0.05) is 24.2 Å². The lowest BCUT2D eigenvalue weighted by Crippen LogP contribution is -2.35. The molecular formula is C9H17ClN2. The Bertz CT molecular complexity index is 159. The zero-order valence-corrected chi connectivity index (χ0v) is 8.40. The van der Waals surface area contributed by atoms with Crippen molar-refractivity contribution in [1.29, 1.82) is 0 Å². The molecule has 0 spiro atoms. The van der Waals surface area contributed by atoms with Crippen LogP contribution in [0.2, 0.25) is 0 Å². The van der Waals surface area contributed by atoms with Crippen LogP contribution < -0.4 is 5.32 Å². The highest BCUT2D eigenvalue weighted by molar-refractivity contribution is 6.29. The van der Waals surface area contributed by atoms with Gasteiger partial charge in [0.15, 0.2) is 0 Å². The first-order chi connectivity index (χ1) is 5.68. The number of nitrogens with zero attached hydrogens (tertiary/aromatic N) is 1. The first-order valence-corrected chi connectivity index (χ1v) is 4.85. The number of hydrogen-bond donors (Lipinski definition) is 1. The fourth-order valence-corrected chi connectivity index (χ4v) is 1.75. The molecule has 1 aliphatic heterocycles. The summed E-state index contributed by atoms with van der Waals surface area (Å²) in [6.45, 7) is 10.1. The summed E-state index contributed by atoms with van der Waals surface area (Å²) >= 11 is 5.76. The van der Waals surface area contributed by atoms with Crippen molar-refractivity contribution in [2.45, 2.75) is 19.4 Å². The highest BCUT2D eigenvalue weighted by Gasteiger charge is 2.13. The SMILES string of the molecule is C=C(Cl)CN1CCCNC(C)C1. The van der Waals surface area contributed by atoms with Crippen LogP contribution >= 0.6 is 11.6 Å². The minimum Gasteiger partial charge on any atom is -0.313 e.